The summed E-state index contributed by atoms with van der Waals surface area (Å²) in [5.74, 6) is 0.458. The summed E-state index contributed by atoms with van der Waals surface area (Å²) in [6, 6.07) is 14.4. The third-order valence-electron chi connectivity index (χ3n) is 3.20. The van der Waals surface area contributed by atoms with Crippen molar-refractivity contribution in [3.05, 3.63) is 59.5 Å². The first-order valence-electron chi connectivity index (χ1n) is 6.80. The Morgan fingerprint density at radius 1 is 1.32 bits per heavy atom. The van der Waals surface area contributed by atoms with Crippen LogP contribution in [0.1, 0.15) is 17.0 Å². The summed E-state index contributed by atoms with van der Waals surface area (Å²) in [5.41, 5.74) is 3.44. The molecule has 1 heterocycles. The van der Waals surface area contributed by atoms with E-state index in [0.29, 0.717) is 22.7 Å². The predicted octanol–water partition coefficient (Wildman–Crippen LogP) is 3.19. The number of amides is 1. The van der Waals surface area contributed by atoms with E-state index in [1.165, 1.54) is 0 Å². The van der Waals surface area contributed by atoms with Crippen LogP contribution in [0.15, 0.2) is 46.9 Å². The summed E-state index contributed by atoms with van der Waals surface area (Å²) >= 11 is 0. The van der Waals surface area contributed by atoms with E-state index in [0.717, 1.165) is 11.1 Å². The molecule has 1 N–H and O–H groups in total. The molecule has 0 fully saturated rings. The number of fused-ring (bicyclic) bond motifs is 1. The lowest BCUT2D eigenvalue weighted by Gasteiger charge is -2.05. The molecule has 0 saturated carbocycles. The molecular weight excluding hydrogens is 278 g/mol. The van der Waals surface area contributed by atoms with E-state index in [1.807, 2.05) is 24.3 Å². The van der Waals surface area contributed by atoms with Crippen LogP contribution in [0.2, 0.25) is 0 Å². The molecule has 0 bridgehead atoms. The number of benzene rings is 2. The third-order valence-corrected chi connectivity index (χ3v) is 3.20. The maximum absolute atomic E-state index is 12.1. The van der Waals surface area contributed by atoms with E-state index in [4.69, 9.17) is 9.68 Å². The largest absolute Gasteiger partial charge is 0.441 e. The minimum Gasteiger partial charge on any atom is -0.441 e. The van der Waals surface area contributed by atoms with Gasteiger partial charge in [-0.2, -0.15) is 5.26 Å². The lowest BCUT2D eigenvalue weighted by molar-refractivity contribution is -0.115. The highest BCUT2D eigenvalue weighted by Gasteiger charge is 2.08. The molecule has 5 nitrogen and oxygen atoms in total. The van der Waals surface area contributed by atoms with Gasteiger partial charge in [-0.05, 0) is 35.9 Å². The summed E-state index contributed by atoms with van der Waals surface area (Å²) in [7, 11) is 0. The highest BCUT2D eigenvalue weighted by molar-refractivity contribution is 5.92. The van der Waals surface area contributed by atoms with E-state index >= 15 is 0 Å². The number of aromatic nitrogens is 1. The highest BCUT2D eigenvalue weighted by Crippen LogP contribution is 2.17. The Morgan fingerprint density at radius 3 is 3.00 bits per heavy atom. The van der Waals surface area contributed by atoms with Crippen LogP contribution >= 0.6 is 0 Å². The quantitative estimate of drug-likeness (QED) is 0.803. The van der Waals surface area contributed by atoms with E-state index in [1.54, 1.807) is 31.2 Å². The molecule has 0 radical (unpaired) electrons. The van der Waals surface area contributed by atoms with Gasteiger partial charge in [-0.25, -0.2) is 4.98 Å². The first-order chi connectivity index (χ1) is 10.6. The molecule has 1 aromatic heterocycles. The molecule has 0 aliphatic rings. The molecule has 22 heavy (non-hydrogen) atoms. The summed E-state index contributed by atoms with van der Waals surface area (Å²) in [6.07, 6.45) is 0.235. The maximum atomic E-state index is 12.1. The van der Waals surface area contributed by atoms with Crippen molar-refractivity contribution < 1.29 is 9.21 Å². The zero-order chi connectivity index (χ0) is 15.5. The molecule has 3 aromatic rings. The number of aryl methyl sites for hydroxylation is 1. The first-order valence-corrected chi connectivity index (χ1v) is 6.80. The van der Waals surface area contributed by atoms with Crippen molar-refractivity contribution in [2.45, 2.75) is 13.3 Å². The molecule has 0 spiro atoms. The fourth-order valence-corrected chi connectivity index (χ4v) is 2.26. The fraction of sp³-hybridized carbons (Fsp3) is 0.118. The van der Waals surface area contributed by atoms with Gasteiger partial charge in [0.05, 0.1) is 18.1 Å². The number of nitriles is 1. The zero-order valence-corrected chi connectivity index (χ0v) is 12.0. The monoisotopic (exact) mass is 291 g/mol. The molecule has 3 rings (SSSR count). The van der Waals surface area contributed by atoms with E-state index < -0.39 is 0 Å². The van der Waals surface area contributed by atoms with Gasteiger partial charge in [0, 0.05) is 12.6 Å². The van der Waals surface area contributed by atoms with Gasteiger partial charge in [0.1, 0.15) is 5.52 Å². The summed E-state index contributed by atoms with van der Waals surface area (Å²) in [6.45, 7) is 1.79. The number of hydrogen-bond acceptors (Lipinski definition) is 4. The fourth-order valence-electron chi connectivity index (χ4n) is 2.26. The average molecular weight is 291 g/mol. The number of anilines is 1. The lowest BCUT2D eigenvalue weighted by atomic mass is 10.1. The molecule has 5 heteroatoms. The van der Waals surface area contributed by atoms with Crippen molar-refractivity contribution in [2.24, 2.45) is 0 Å². The Morgan fingerprint density at radius 2 is 2.18 bits per heavy atom. The minimum absolute atomic E-state index is 0.144. The minimum atomic E-state index is -0.144. The van der Waals surface area contributed by atoms with Crippen molar-refractivity contribution in [1.29, 1.82) is 5.26 Å². The van der Waals surface area contributed by atoms with E-state index in [2.05, 4.69) is 10.3 Å². The molecule has 1 amide bonds. The molecule has 2 aromatic carbocycles. The van der Waals surface area contributed by atoms with Crippen molar-refractivity contribution in [2.75, 3.05) is 5.32 Å². The van der Waals surface area contributed by atoms with Crippen LogP contribution in [0, 0.1) is 18.3 Å². The number of nitrogens with one attached hydrogen (secondary N) is 1. The van der Waals surface area contributed by atoms with Gasteiger partial charge in [-0.1, -0.05) is 12.1 Å². The van der Waals surface area contributed by atoms with Crippen molar-refractivity contribution in [3.8, 4) is 6.07 Å². The number of rotatable bonds is 3. The van der Waals surface area contributed by atoms with Gasteiger partial charge in [0.25, 0.3) is 0 Å². The van der Waals surface area contributed by atoms with Crippen LogP contribution in [0.3, 0.4) is 0 Å². The van der Waals surface area contributed by atoms with Crippen LogP contribution in [0.25, 0.3) is 11.1 Å². The van der Waals surface area contributed by atoms with E-state index in [-0.39, 0.29) is 12.3 Å². The standard InChI is InChI=1S/C17H13N3O2/c1-11-19-15-8-12(5-6-16(15)22-11)9-17(21)20-14-4-2-3-13(7-14)10-18/h2-8H,9H2,1H3,(H,20,21). The third kappa shape index (κ3) is 2.96. The van der Waals surface area contributed by atoms with Gasteiger partial charge in [0.15, 0.2) is 11.5 Å². The molecule has 0 atom stereocenters. The number of oxazole rings is 1. The highest BCUT2D eigenvalue weighted by atomic mass is 16.3. The molecule has 0 saturated heterocycles. The van der Waals surface area contributed by atoms with Gasteiger partial charge in [-0.15, -0.1) is 0 Å². The number of carbonyl (C=O) groups is 1. The smallest absolute Gasteiger partial charge is 0.228 e. The van der Waals surface area contributed by atoms with Crippen molar-refractivity contribution in [1.82, 2.24) is 4.98 Å². The Kier molecular flexibility index (Phi) is 3.58. The SMILES string of the molecule is Cc1nc2cc(CC(=O)Nc3cccc(C#N)c3)ccc2o1. The molecule has 108 valence electrons. The number of nitrogens with zero attached hydrogens (tertiary/aromatic N) is 2. The van der Waals surface area contributed by atoms with E-state index in [9.17, 15) is 4.79 Å². The molecule has 0 aliphatic heterocycles. The Labute approximate surface area is 127 Å². The van der Waals surface area contributed by atoms with Crippen molar-refractivity contribution in [3.63, 3.8) is 0 Å². The molecule has 0 unspecified atom stereocenters. The second-order valence-electron chi connectivity index (χ2n) is 4.95. The molecule has 0 aliphatic carbocycles. The molecular formula is C17H13N3O2. The lowest BCUT2D eigenvalue weighted by Crippen LogP contribution is -2.14. The zero-order valence-electron chi connectivity index (χ0n) is 12.0. The Bertz CT molecular complexity index is 890. The van der Waals surface area contributed by atoms with Crippen LogP contribution in [0.5, 0.6) is 0 Å². The summed E-state index contributed by atoms with van der Waals surface area (Å²) < 4.78 is 5.41. The second-order valence-corrected chi connectivity index (χ2v) is 4.95. The first kappa shape index (κ1) is 13.8. The van der Waals surface area contributed by atoms with Gasteiger partial charge >= 0.3 is 0 Å². The maximum Gasteiger partial charge on any atom is 0.228 e. The van der Waals surface area contributed by atoms with Crippen LogP contribution < -0.4 is 5.32 Å². The normalized spacial score (nSPS) is 10.4. The summed E-state index contributed by atoms with van der Waals surface area (Å²) in [5, 5.41) is 11.6. The Balaban J connectivity index is 1.73. The topological polar surface area (TPSA) is 78.9 Å². The second kappa shape index (κ2) is 5.70. The average Bonchev–Trinajstić information content (AvgIpc) is 2.86. The van der Waals surface area contributed by atoms with Crippen LogP contribution in [-0.2, 0) is 11.2 Å². The van der Waals surface area contributed by atoms with Crippen LogP contribution in [-0.4, -0.2) is 10.9 Å². The summed E-state index contributed by atoms with van der Waals surface area (Å²) in [4.78, 5) is 16.3. The van der Waals surface area contributed by atoms with Gasteiger partial charge in [-0.3, -0.25) is 4.79 Å². The van der Waals surface area contributed by atoms with Crippen molar-refractivity contribution >= 4 is 22.7 Å². The predicted molar refractivity (Wildman–Crippen MR) is 82.2 cm³/mol. The Hall–Kier alpha value is -3.13. The number of carbonyl (C=O) groups excluding carboxylic acids is 1. The number of hydrogen-bond donors (Lipinski definition) is 1. The van der Waals surface area contributed by atoms with Gasteiger partial charge in [0.2, 0.25) is 5.91 Å². The van der Waals surface area contributed by atoms with Gasteiger partial charge < -0.3 is 9.73 Å². The van der Waals surface area contributed by atoms with Crippen LogP contribution in [0.4, 0.5) is 5.69 Å².